The van der Waals surface area contributed by atoms with Crippen LogP contribution in [-0.4, -0.2) is 39.5 Å². The molecule has 92 valence electrons. The first-order valence-electron chi connectivity index (χ1n) is 5.33. The van der Waals surface area contributed by atoms with E-state index in [4.69, 9.17) is 16.7 Å². The first-order chi connectivity index (χ1) is 7.99. The predicted octanol–water partition coefficient (Wildman–Crippen LogP) is 1.23. The smallest absolute Gasteiger partial charge is 0.308 e. The molecule has 0 aromatic carbocycles. The molecule has 1 aliphatic heterocycles. The Morgan fingerprint density at radius 1 is 1.53 bits per heavy atom. The van der Waals surface area contributed by atoms with Gasteiger partial charge in [0.1, 0.15) is 5.69 Å². The second kappa shape index (κ2) is 4.41. The number of aliphatic carboxylic acids is 1. The molecule has 0 spiro atoms. The van der Waals surface area contributed by atoms with E-state index >= 15 is 0 Å². The summed E-state index contributed by atoms with van der Waals surface area (Å²) in [6.07, 6.45) is 2.17. The van der Waals surface area contributed by atoms with Crippen molar-refractivity contribution in [2.75, 3.05) is 13.1 Å². The van der Waals surface area contributed by atoms with Gasteiger partial charge in [0.2, 0.25) is 0 Å². The number of carboxylic acids is 1. The lowest BCUT2D eigenvalue weighted by atomic mass is 10.1. The zero-order valence-electron chi connectivity index (χ0n) is 9.39. The molecule has 1 amide bonds. The zero-order chi connectivity index (χ0) is 12.6. The Morgan fingerprint density at radius 3 is 2.71 bits per heavy atom. The lowest BCUT2D eigenvalue weighted by molar-refractivity contribution is -0.141. The van der Waals surface area contributed by atoms with Crippen LogP contribution in [0.3, 0.4) is 0 Å². The van der Waals surface area contributed by atoms with E-state index < -0.39 is 11.9 Å². The molecule has 1 aromatic rings. The molecule has 1 N–H and O–H groups in total. The summed E-state index contributed by atoms with van der Waals surface area (Å²) in [6, 6.07) is 1.60. The van der Waals surface area contributed by atoms with Gasteiger partial charge in [-0.1, -0.05) is 11.6 Å². The lowest BCUT2D eigenvalue weighted by Gasteiger charge is -2.15. The zero-order valence-corrected chi connectivity index (χ0v) is 10.1. The van der Waals surface area contributed by atoms with E-state index in [-0.39, 0.29) is 12.5 Å². The molecular formula is C11H13ClN2O3. The van der Waals surface area contributed by atoms with Crippen LogP contribution in [0.2, 0.25) is 5.02 Å². The molecule has 6 heteroatoms. The van der Waals surface area contributed by atoms with Gasteiger partial charge in [0.05, 0.1) is 10.9 Å². The van der Waals surface area contributed by atoms with Crippen molar-refractivity contribution in [1.82, 2.24) is 9.47 Å². The van der Waals surface area contributed by atoms with E-state index in [1.807, 2.05) is 0 Å². The maximum Gasteiger partial charge on any atom is 0.308 e. The van der Waals surface area contributed by atoms with Crippen molar-refractivity contribution < 1.29 is 14.7 Å². The molecule has 1 saturated heterocycles. The number of hydrogen-bond donors (Lipinski definition) is 1. The number of halogens is 1. The van der Waals surface area contributed by atoms with Crippen LogP contribution in [0, 0.1) is 5.92 Å². The molecule has 0 saturated carbocycles. The summed E-state index contributed by atoms with van der Waals surface area (Å²) in [7, 11) is 1.74. The lowest BCUT2D eigenvalue weighted by Crippen LogP contribution is -2.31. The molecule has 17 heavy (non-hydrogen) atoms. The van der Waals surface area contributed by atoms with Crippen molar-refractivity contribution in [2.45, 2.75) is 6.42 Å². The summed E-state index contributed by atoms with van der Waals surface area (Å²) in [5.41, 5.74) is 0.487. The predicted molar refractivity (Wildman–Crippen MR) is 62.1 cm³/mol. The summed E-state index contributed by atoms with van der Waals surface area (Å²) in [4.78, 5) is 24.5. The quantitative estimate of drug-likeness (QED) is 0.866. The third-order valence-corrected chi connectivity index (χ3v) is 3.22. The van der Waals surface area contributed by atoms with E-state index in [1.54, 1.807) is 28.8 Å². The van der Waals surface area contributed by atoms with Gasteiger partial charge in [0.15, 0.2) is 0 Å². The molecule has 0 bridgehead atoms. The van der Waals surface area contributed by atoms with Crippen molar-refractivity contribution in [1.29, 1.82) is 0 Å². The monoisotopic (exact) mass is 256 g/mol. The van der Waals surface area contributed by atoms with Crippen LogP contribution in [0.4, 0.5) is 0 Å². The van der Waals surface area contributed by atoms with Gasteiger partial charge in [-0.3, -0.25) is 9.59 Å². The Kier molecular flexibility index (Phi) is 3.11. The minimum Gasteiger partial charge on any atom is -0.481 e. The average Bonchev–Trinajstić information content (AvgIpc) is 2.84. The Hall–Kier alpha value is -1.49. The van der Waals surface area contributed by atoms with Crippen molar-refractivity contribution >= 4 is 23.5 Å². The summed E-state index contributed by atoms with van der Waals surface area (Å²) in [5.74, 6) is -1.46. The number of carbonyl (C=O) groups is 2. The summed E-state index contributed by atoms with van der Waals surface area (Å²) >= 11 is 5.81. The highest BCUT2D eigenvalue weighted by Crippen LogP contribution is 2.20. The number of aromatic nitrogens is 1. The summed E-state index contributed by atoms with van der Waals surface area (Å²) < 4.78 is 1.65. The van der Waals surface area contributed by atoms with E-state index in [2.05, 4.69) is 0 Å². The highest BCUT2D eigenvalue weighted by atomic mass is 35.5. The number of amides is 1. The maximum atomic E-state index is 12.1. The Bertz CT molecular complexity index is 469. The third kappa shape index (κ3) is 2.29. The van der Waals surface area contributed by atoms with Crippen LogP contribution in [0.25, 0.3) is 0 Å². The van der Waals surface area contributed by atoms with Crippen LogP contribution in [0.1, 0.15) is 16.9 Å². The molecule has 1 aromatic heterocycles. The van der Waals surface area contributed by atoms with Crippen molar-refractivity contribution in [3.63, 3.8) is 0 Å². The van der Waals surface area contributed by atoms with Crippen LogP contribution in [0.15, 0.2) is 12.3 Å². The fourth-order valence-corrected chi connectivity index (χ4v) is 2.29. The van der Waals surface area contributed by atoms with E-state index in [0.717, 1.165) is 0 Å². The first kappa shape index (κ1) is 12.0. The minimum atomic E-state index is -0.842. The second-order valence-electron chi connectivity index (χ2n) is 4.23. The van der Waals surface area contributed by atoms with Gasteiger partial charge in [0, 0.05) is 26.3 Å². The molecule has 2 rings (SSSR count). The number of carbonyl (C=O) groups excluding carboxylic acids is 1. The average molecular weight is 257 g/mol. The van der Waals surface area contributed by atoms with Gasteiger partial charge >= 0.3 is 5.97 Å². The highest BCUT2D eigenvalue weighted by molar-refractivity contribution is 6.31. The number of nitrogens with zero attached hydrogens (tertiary/aromatic N) is 2. The second-order valence-corrected chi connectivity index (χ2v) is 4.67. The van der Waals surface area contributed by atoms with E-state index in [9.17, 15) is 9.59 Å². The molecule has 2 heterocycles. The van der Waals surface area contributed by atoms with Crippen LogP contribution in [0.5, 0.6) is 0 Å². The molecular weight excluding hydrogens is 244 g/mol. The molecule has 1 aliphatic rings. The molecule has 1 atom stereocenters. The first-order valence-corrected chi connectivity index (χ1v) is 5.71. The molecule has 0 radical (unpaired) electrons. The Balaban J connectivity index is 2.12. The van der Waals surface area contributed by atoms with E-state index in [0.29, 0.717) is 23.7 Å². The number of likely N-dealkylation sites (tertiary alicyclic amines) is 1. The minimum absolute atomic E-state index is 0.164. The third-order valence-electron chi connectivity index (χ3n) is 3.02. The number of rotatable bonds is 2. The molecule has 1 fully saturated rings. The van der Waals surface area contributed by atoms with Gasteiger partial charge in [0.25, 0.3) is 5.91 Å². The molecule has 5 nitrogen and oxygen atoms in total. The van der Waals surface area contributed by atoms with Crippen molar-refractivity contribution in [3.8, 4) is 0 Å². The standard InChI is InChI=1S/C11H13ClN2O3/c1-13-6-8(12)4-9(13)10(15)14-3-2-7(5-14)11(16)17/h4,6-7H,2-3,5H2,1H3,(H,16,17)/t7-/m0/s1. The van der Waals surface area contributed by atoms with Crippen molar-refractivity contribution in [2.24, 2.45) is 13.0 Å². The van der Waals surface area contributed by atoms with Gasteiger partial charge in [-0.15, -0.1) is 0 Å². The van der Waals surface area contributed by atoms with Gasteiger partial charge in [-0.2, -0.15) is 0 Å². The summed E-state index contributed by atoms with van der Waals surface area (Å²) in [5, 5.41) is 9.38. The maximum absolute atomic E-state index is 12.1. The summed E-state index contributed by atoms with van der Waals surface area (Å²) in [6.45, 7) is 0.759. The van der Waals surface area contributed by atoms with Crippen molar-refractivity contribution in [3.05, 3.63) is 23.0 Å². The Labute approximate surface area is 104 Å². The highest BCUT2D eigenvalue weighted by Gasteiger charge is 2.32. The van der Waals surface area contributed by atoms with E-state index in [1.165, 1.54) is 0 Å². The fraction of sp³-hybridized carbons (Fsp3) is 0.455. The Morgan fingerprint density at radius 2 is 2.24 bits per heavy atom. The number of hydrogen-bond acceptors (Lipinski definition) is 2. The SMILES string of the molecule is Cn1cc(Cl)cc1C(=O)N1CC[C@H](C(=O)O)C1. The number of aryl methyl sites for hydroxylation is 1. The van der Waals surface area contributed by atoms with Gasteiger partial charge in [-0.25, -0.2) is 0 Å². The largest absolute Gasteiger partial charge is 0.481 e. The van der Waals surface area contributed by atoms with Gasteiger partial charge in [-0.05, 0) is 12.5 Å². The fourth-order valence-electron chi connectivity index (χ4n) is 2.05. The van der Waals surface area contributed by atoms with Crippen LogP contribution >= 0.6 is 11.6 Å². The van der Waals surface area contributed by atoms with Crippen LogP contribution < -0.4 is 0 Å². The topological polar surface area (TPSA) is 62.5 Å². The molecule has 0 aliphatic carbocycles. The van der Waals surface area contributed by atoms with Gasteiger partial charge < -0.3 is 14.6 Å². The normalized spacial score (nSPS) is 19.6. The van der Waals surface area contributed by atoms with Crippen LogP contribution in [-0.2, 0) is 11.8 Å². The number of carboxylic acid groups (broad SMARTS) is 1. The molecule has 0 unspecified atom stereocenters.